The number of aliphatic imine (C=N–C) groups is 1. The molecule has 3 aliphatic rings. The van der Waals surface area contributed by atoms with Crippen LogP contribution in [0, 0.1) is 5.82 Å². The molecule has 0 radical (unpaired) electrons. The van der Waals surface area contributed by atoms with Gasteiger partial charge in [-0.15, -0.1) is 0 Å². The smallest absolute Gasteiger partial charge is 0.327 e. The molecule has 3 aliphatic heterocycles. The Balaban J connectivity index is 1.19. The van der Waals surface area contributed by atoms with E-state index >= 15 is 0 Å². The molecular weight excluding hydrogens is 459 g/mol. The van der Waals surface area contributed by atoms with Crippen molar-refractivity contribution < 1.29 is 9.18 Å². The third-order valence-corrected chi connectivity index (χ3v) is 7.68. The van der Waals surface area contributed by atoms with E-state index in [1.54, 1.807) is 17.2 Å². The summed E-state index contributed by atoms with van der Waals surface area (Å²) in [6.07, 6.45) is 6.05. The fourth-order valence-corrected chi connectivity index (χ4v) is 5.85. The number of carbonyl (C=O) groups excluding carboxylic acids is 1. The molecule has 9 heteroatoms. The molecule has 5 heterocycles. The number of H-pyrrole nitrogens is 1. The Bertz CT molecular complexity index is 1470. The Kier molecular flexibility index (Phi) is 5.31. The second kappa shape index (κ2) is 8.43. The predicted octanol–water partition coefficient (Wildman–Crippen LogP) is 3.55. The fraction of sp³-hybridized carbons (Fsp3) is 0.407. The summed E-state index contributed by atoms with van der Waals surface area (Å²) in [6.45, 7) is 6.72. The fourth-order valence-electron chi connectivity index (χ4n) is 5.85. The zero-order valence-electron chi connectivity index (χ0n) is 20.5. The van der Waals surface area contributed by atoms with Crippen LogP contribution in [0.2, 0.25) is 0 Å². The van der Waals surface area contributed by atoms with Crippen molar-refractivity contribution in [3.8, 4) is 0 Å². The van der Waals surface area contributed by atoms with Gasteiger partial charge in [0.2, 0.25) is 0 Å². The molecule has 186 valence electrons. The number of nitrogens with one attached hydrogen (secondary N) is 1. The summed E-state index contributed by atoms with van der Waals surface area (Å²) in [4.78, 5) is 41.8. The number of anilines is 1. The highest BCUT2D eigenvalue weighted by Gasteiger charge is 2.39. The maximum atomic E-state index is 13.9. The number of aromatic amines is 1. The summed E-state index contributed by atoms with van der Waals surface area (Å²) < 4.78 is 15.7. The summed E-state index contributed by atoms with van der Waals surface area (Å²) in [5.74, 6) is -0.429. The van der Waals surface area contributed by atoms with Gasteiger partial charge in [-0.05, 0) is 54.8 Å². The molecule has 2 aromatic heterocycles. The van der Waals surface area contributed by atoms with E-state index in [0.717, 1.165) is 54.8 Å². The van der Waals surface area contributed by atoms with Crippen molar-refractivity contribution in [3.63, 3.8) is 0 Å². The Morgan fingerprint density at radius 2 is 2.00 bits per heavy atom. The van der Waals surface area contributed by atoms with Crippen molar-refractivity contribution >= 4 is 28.5 Å². The molecule has 0 unspecified atom stereocenters. The number of hydrogen-bond donors (Lipinski definition) is 1. The molecule has 1 saturated heterocycles. The minimum atomic E-state index is -0.327. The van der Waals surface area contributed by atoms with Gasteiger partial charge in [-0.1, -0.05) is 13.8 Å². The van der Waals surface area contributed by atoms with Gasteiger partial charge in [0.25, 0.3) is 5.91 Å². The van der Waals surface area contributed by atoms with Crippen LogP contribution in [0.4, 0.5) is 10.1 Å². The zero-order chi connectivity index (χ0) is 25.0. The van der Waals surface area contributed by atoms with Gasteiger partial charge in [-0.25, -0.2) is 14.2 Å². The highest BCUT2D eigenvalue weighted by atomic mass is 19.1. The number of fused-ring (bicyclic) bond motifs is 2. The summed E-state index contributed by atoms with van der Waals surface area (Å²) in [5.41, 5.74) is 4.18. The van der Waals surface area contributed by atoms with Crippen LogP contribution in [-0.2, 0) is 10.2 Å². The number of piperidine rings is 1. The molecular formula is C27H29FN6O2. The van der Waals surface area contributed by atoms with Crippen LogP contribution in [0.15, 0.2) is 58.1 Å². The third kappa shape index (κ3) is 3.73. The van der Waals surface area contributed by atoms with E-state index < -0.39 is 0 Å². The Labute approximate surface area is 208 Å². The van der Waals surface area contributed by atoms with Gasteiger partial charge in [0.1, 0.15) is 11.5 Å². The lowest BCUT2D eigenvalue weighted by molar-refractivity contribution is -0.112. The van der Waals surface area contributed by atoms with Crippen molar-refractivity contribution in [1.82, 2.24) is 19.4 Å². The van der Waals surface area contributed by atoms with Gasteiger partial charge in [-0.2, -0.15) is 0 Å². The normalized spacial score (nSPS) is 19.9. The van der Waals surface area contributed by atoms with Crippen LogP contribution in [-0.4, -0.2) is 57.2 Å². The van der Waals surface area contributed by atoms with Crippen molar-refractivity contribution in [2.24, 2.45) is 4.99 Å². The molecule has 8 nitrogen and oxygen atoms in total. The topological polar surface area (TPSA) is 86.6 Å². The minimum absolute atomic E-state index is 0.106. The maximum Gasteiger partial charge on any atom is 0.327 e. The predicted molar refractivity (Wildman–Crippen MR) is 137 cm³/mol. The average Bonchev–Trinajstić information content (AvgIpc) is 3.36. The first-order chi connectivity index (χ1) is 17.3. The molecule has 1 amide bonds. The van der Waals surface area contributed by atoms with Crippen LogP contribution < -0.4 is 10.6 Å². The molecule has 1 fully saturated rings. The van der Waals surface area contributed by atoms with E-state index in [2.05, 4.69) is 19.9 Å². The summed E-state index contributed by atoms with van der Waals surface area (Å²) >= 11 is 0. The van der Waals surface area contributed by atoms with E-state index in [1.807, 2.05) is 36.6 Å². The van der Waals surface area contributed by atoms with E-state index in [-0.39, 0.29) is 28.9 Å². The van der Waals surface area contributed by atoms with Crippen LogP contribution in [0.3, 0.4) is 0 Å². The highest BCUT2D eigenvalue weighted by Crippen LogP contribution is 2.41. The zero-order valence-corrected chi connectivity index (χ0v) is 20.5. The number of aromatic nitrogens is 3. The van der Waals surface area contributed by atoms with Gasteiger partial charge in [-0.3, -0.25) is 19.3 Å². The first kappa shape index (κ1) is 22.7. The van der Waals surface area contributed by atoms with Gasteiger partial charge in [0.05, 0.1) is 5.52 Å². The minimum Gasteiger partial charge on any atom is -0.375 e. The second-order valence-corrected chi connectivity index (χ2v) is 10.5. The molecule has 3 aromatic rings. The number of amides is 1. The molecule has 0 spiro atoms. The summed E-state index contributed by atoms with van der Waals surface area (Å²) in [7, 11) is 0. The van der Waals surface area contributed by atoms with Crippen molar-refractivity contribution in [1.29, 1.82) is 0 Å². The number of nitrogens with zero attached hydrogens (tertiary/aromatic N) is 5. The number of imidazole rings is 1. The quantitative estimate of drug-likeness (QED) is 0.611. The Hall–Kier alpha value is -3.75. The van der Waals surface area contributed by atoms with Crippen molar-refractivity contribution in [2.45, 2.75) is 44.6 Å². The molecule has 6 rings (SSSR count). The van der Waals surface area contributed by atoms with Crippen molar-refractivity contribution in [3.05, 3.63) is 70.2 Å². The van der Waals surface area contributed by atoms with Crippen LogP contribution in [0.25, 0.3) is 11.2 Å². The summed E-state index contributed by atoms with van der Waals surface area (Å²) in [6, 6.07) is 8.52. The van der Waals surface area contributed by atoms with E-state index in [1.165, 1.54) is 12.1 Å². The number of likely N-dealkylation sites (tertiary alicyclic amines) is 1. The molecule has 0 aliphatic carbocycles. The molecule has 1 aromatic carbocycles. The van der Waals surface area contributed by atoms with E-state index in [4.69, 9.17) is 0 Å². The van der Waals surface area contributed by atoms with Gasteiger partial charge in [0.15, 0.2) is 5.65 Å². The highest BCUT2D eigenvalue weighted by molar-refractivity contribution is 6.48. The first-order valence-corrected chi connectivity index (χ1v) is 12.5. The molecule has 36 heavy (non-hydrogen) atoms. The number of rotatable bonds is 3. The maximum absolute atomic E-state index is 13.9. The van der Waals surface area contributed by atoms with E-state index in [9.17, 15) is 14.0 Å². The van der Waals surface area contributed by atoms with Gasteiger partial charge in [0, 0.05) is 61.6 Å². The number of hydrogen-bond acceptors (Lipinski definition) is 5. The average molecular weight is 489 g/mol. The van der Waals surface area contributed by atoms with Crippen LogP contribution >= 0.6 is 0 Å². The first-order valence-electron chi connectivity index (χ1n) is 12.5. The van der Waals surface area contributed by atoms with Gasteiger partial charge >= 0.3 is 5.69 Å². The molecule has 0 saturated carbocycles. The lowest BCUT2D eigenvalue weighted by Crippen LogP contribution is -2.40. The number of pyridine rings is 1. The number of halogens is 1. The van der Waals surface area contributed by atoms with Crippen molar-refractivity contribution in [2.75, 3.05) is 31.1 Å². The molecule has 0 atom stereocenters. The number of dihydropyridines is 1. The van der Waals surface area contributed by atoms with E-state index in [0.29, 0.717) is 24.4 Å². The number of carbonyl (C=O) groups is 1. The molecule has 0 bridgehead atoms. The van der Waals surface area contributed by atoms with Gasteiger partial charge < -0.3 is 9.80 Å². The van der Waals surface area contributed by atoms with Crippen LogP contribution in [0.1, 0.15) is 44.7 Å². The second-order valence-electron chi connectivity index (χ2n) is 10.5. The lowest BCUT2D eigenvalue weighted by Gasteiger charge is -2.36. The van der Waals surface area contributed by atoms with Crippen LogP contribution in [0.5, 0.6) is 0 Å². The standard InChI is InChI=1S/C27H29FN6O2/c1-27(2)16-33(22-6-5-17(28)14-20(22)27)25(35)21-15-19(7-11-29-21)32-12-8-18(9-13-32)34-23-4-3-10-30-24(23)31-26(34)36/h3-6,10,14-15,18H,7-9,11-13,16H2,1-2H3,(H,30,31,36). The largest absolute Gasteiger partial charge is 0.375 e. The lowest BCUT2D eigenvalue weighted by atomic mass is 9.87. The Morgan fingerprint density at radius 3 is 2.81 bits per heavy atom. The molecule has 1 N–H and O–H groups in total. The SMILES string of the molecule is CC1(C)CN(C(=O)C2=NCCC(N3CCC(n4c(=O)[nH]c5ncccc54)CC3)=C2)c2ccc(F)cc21. The third-order valence-electron chi connectivity index (χ3n) is 7.68. The Morgan fingerprint density at radius 1 is 1.19 bits per heavy atom. The monoisotopic (exact) mass is 488 g/mol. The number of benzene rings is 1. The summed E-state index contributed by atoms with van der Waals surface area (Å²) in [5, 5.41) is 0.